The van der Waals surface area contributed by atoms with Crippen LogP contribution in [0.5, 0.6) is 0 Å². The minimum atomic E-state index is -0.592. The lowest BCUT2D eigenvalue weighted by atomic mass is 10.4. The number of aliphatic hydroxyl groups is 3. The van der Waals surface area contributed by atoms with E-state index in [1.165, 1.54) is 0 Å². The van der Waals surface area contributed by atoms with Gasteiger partial charge < -0.3 is 15.3 Å². The van der Waals surface area contributed by atoms with Crippen LogP contribution in [0, 0.1) is 0 Å². The number of hydrogen-bond acceptors (Lipinski definition) is 3. The summed E-state index contributed by atoms with van der Waals surface area (Å²) < 4.78 is 0. The highest BCUT2D eigenvalue weighted by Gasteiger charge is 2.09. The van der Waals surface area contributed by atoms with Gasteiger partial charge in [0.2, 0.25) is 0 Å². The van der Waals surface area contributed by atoms with E-state index in [2.05, 4.69) is 0 Å². The molecule has 0 saturated heterocycles. The van der Waals surface area contributed by atoms with Gasteiger partial charge in [-0.25, -0.2) is 0 Å². The van der Waals surface area contributed by atoms with E-state index in [0.29, 0.717) is 0 Å². The van der Waals surface area contributed by atoms with Gasteiger partial charge in [-0.1, -0.05) is 6.04 Å². The highest BCUT2D eigenvalue weighted by Crippen LogP contribution is 1.95. The van der Waals surface area contributed by atoms with Crippen LogP contribution in [0.4, 0.5) is 0 Å². The largest absolute Gasteiger partial charge is 0.396 e. The molecule has 0 radical (unpaired) electrons. The molecule has 0 fully saturated rings. The van der Waals surface area contributed by atoms with Gasteiger partial charge in [-0.2, -0.15) is 0 Å². The number of aliphatic hydroxyl groups excluding tert-OH is 3. The fourth-order valence-electron chi connectivity index (χ4n) is 0.706. The van der Waals surface area contributed by atoms with Crippen LogP contribution >= 0.6 is 0 Å². The predicted molar refractivity (Wildman–Crippen MR) is 42.7 cm³/mol. The third kappa shape index (κ3) is 4.93. The summed E-state index contributed by atoms with van der Waals surface area (Å²) in [4.78, 5) is 0. The molecule has 2 unspecified atom stereocenters. The molecule has 0 aliphatic carbocycles. The fourth-order valence-corrected chi connectivity index (χ4v) is 2.12. The molecule has 4 heteroatoms. The molecule has 0 saturated carbocycles. The lowest BCUT2D eigenvalue weighted by molar-refractivity contribution is 0.0797. The molecule has 0 rings (SSSR count). The Bertz CT molecular complexity index is 77.4. The van der Waals surface area contributed by atoms with E-state index in [9.17, 15) is 0 Å². The van der Waals surface area contributed by atoms with E-state index < -0.39 is 21.4 Å². The zero-order valence-electron chi connectivity index (χ0n) is 6.32. The van der Waals surface area contributed by atoms with Crippen LogP contribution in [0.25, 0.3) is 0 Å². The van der Waals surface area contributed by atoms with Crippen LogP contribution in [0.1, 0.15) is 13.3 Å². The van der Waals surface area contributed by atoms with Crippen LogP contribution in [0.3, 0.4) is 0 Å². The molecule has 0 aromatic rings. The van der Waals surface area contributed by atoms with Gasteiger partial charge in [0.15, 0.2) is 0 Å². The maximum atomic E-state index is 9.08. The maximum absolute atomic E-state index is 9.08. The van der Waals surface area contributed by atoms with Crippen molar-refractivity contribution >= 4 is 9.52 Å². The fraction of sp³-hybridized carbons (Fsp3) is 1.00. The third-order valence-electron chi connectivity index (χ3n) is 1.46. The molecule has 3 nitrogen and oxygen atoms in total. The van der Waals surface area contributed by atoms with Gasteiger partial charge in [-0.05, 0) is 13.3 Å². The zero-order valence-corrected chi connectivity index (χ0v) is 7.74. The minimum Gasteiger partial charge on any atom is -0.396 e. The minimum absolute atomic E-state index is 0.194. The summed E-state index contributed by atoms with van der Waals surface area (Å²) in [6.07, 6.45) is 0.168. The first kappa shape index (κ1) is 10.1. The molecule has 10 heavy (non-hydrogen) atoms. The summed E-state index contributed by atoms with van der Waals surface area (Å²) in [6.45, 7) is 1.79. The maximum Gasteiger partial charge on any atom is 0.0734 e. The summed E-state index contributed by atoms with van der Waals surface area (Å²) in [5.41, 5.74) is -0.494. The first-order valence-corrected chi connectivity index (χ1v) is 5.47. The second-order valence-electron chi connectivity index (χ2n) is 2.53. The van der Waals surface area contributed by atoms with Gasteiger partial charge in [-0.15, -0.1) is 0 Å². The molecule has 0 aliphatic rings. The Kier molecular flexibility index (Phi) is 5.91. The highest BCUT2D eigenvalue weighted by molar-refractivity contribution is 6.37. The van der Waals surface area contributed by atoms with Gasteiger partial charge >= 0.3 is 0 Å². The van der Waals surface area contributed by atoms with E-state index in [-0.39, 0.29) is 6.61 Å². The Morgan fingerprint density at radius 3 is 2.40 bits per heavy atom. The normalized spacial score (nSPS) is 18.0. The van der Waals surface area contributed by atoms with E-state index in [1.807, 2.05) is 0 Å². The van der Waals surface area contributed by atoms with Crippen molar-refractivity contribution < 1.29 is 15.3 Å². The first-order chi connectivity index (χ1) is 4.68. The van der Waals surface area contributed by atoms with Crippen molar-refractivity contribution in [2.45, 2.75) is 31.2 Å². The molecule has 0 aromatic heterocycles. The summed E-state index contributed by atoms with van der Waals surface area (Å²) in [6, 6.07) is 0.905. The molecular formula is C6H16O3Si. The van der Waals surface area contributed by atoms with Crippen LogP contribution in [0.15, 0.2) is 0 Å². The molecule has 0 spiro atoms. The molecule has 0 heterocycles. The molecule has 0 aliphatic heterocycles. The van der Waals surface area contributed by atoms with Gasteiger partial charge in [0.1, 0.15) is 0 Å². The Balaban J connectivity index is 3.13. The van der Waals surface area contributed by atoms with E-state index in [0.717, 1.165) is 12.5 Å². The van der Waals surface area contributed by atoms with E-state index in [4.69, 9.17) is 15.3 Å². The predicted octanol–water partition coefficient (Wildman–Crippen LogP) is -1.34. The van der Waals surface area contributed by atoms with Crippen molar-refractivity contribution in [2.24, 2.45) is 0 Å². The van der Waals surface area contributed by atoms with Gasteiger partial charge in [-0.3, -0.25) is 0 Å². The van der Waals surface area contributed by atoms with Gasteiger partial charge in [0.05, 0.1) is 21.4 Å². The second-order valence-corrected chi connectivity index (χ2v) is 4.65. The molecular weight excluding hydrogens is 148 g/mol. The van der Waals surface area contributed by atoms with Gasteiger partial charge in [0.25, 0.3) is 0 Å². The average molecular weight is 164 g/mol. The second kappa shape index (κ2) is 5.85. The van der Waals surface area contributed by atoms with E-state index >= 15 is 0 Å². The van der Waals surface area contributed by atoms with Crippen molar-refractivity contribution in [3.05, 3.63) is 0 Å². The SMILES string of the molecule is CC(O)C(O)[SiH2]CCCO. The quantitative estimate of drug-likeness (QED) is 0.348. The topological polar surface area (TPSA) is 60.7 Å². The summed E-state index contributed by atoms with van der Waals surface area (Å²) in [7, 11) is -0.577. The first-order valence-electron chi connectivity index (χ1n) is 3.65. The molecule has 2 atom stereocenters. The monoisotopic (exact) mass is 164 g/mol. The van der Waals surface area contributed by atoms with Gasteiger partial charge in [0, 0.05) is 6.61 Å². The van der Waals surface area contributed by atoms with E-state index in [1.54, 1.807) is 6.92 Å². The highest BCUT2D eigenvalue weighted by atomic mass is 28.2. The summed E-state index contributed by atoms with van der Waals surface area (Å²) in [5.74, 6) is 0. The van der Waals surface area contributed by atoms with Crippen LogP contribution in [-0.4, -0.2) is 43.3 Å². The van der Waals surface area contributed by atoms with Crippen molar-refractivity contribution in [1.29, 1.82) is 0 Å². The smallest absolute Gasteiger partial charge is 0.0734 e. The summed E-state index contributed by atoms with van der Waals surface area (Å²) >= 11 is 0. The van der Waals surface area contributed by atoms with Crippen LogP contribution < -0.4 is 0 Å². The molecule has 0 bridgehead atoms. The Hall–Kier alpha value is 0.0969. The molecule has 0 aromatic carbocycles. The molecule has 3 N–H and O–H groups in total. The van der Waals surface area contributed by atoms with Crippen LogP contribution in [0.2, 0.25) is 6.04 Å². The lowest BCUT2D eigenvalue weighted by Gasteiger charge is -2.11. The lowest BCUT2D eigenvalue weighted by Crippen LogP contribution is -2.28. The van der Waals surface area contributed by atoms with Crippen molar-refractivity contribution in [3.8, 4) is 0 Å². The van der Waals surface area contributed by atoms with Crippen molar-refractivity contribution in [2.75, 3.05) is 6.61 Å². The zero-order chi connectivity index (χ0) is 7.98. The van der Waals surface area contributed by atoms with Crippen molar-refractivity contribution in [3.63, 3.8) is 0 Å². The Morgan fingerprint density at radius 2 is 2.00 bits per heavy atom. The third-order valence-corrected chi connectivity index (χ3v) is 3.65. The molecule has 62 valence electrons. The Labute approximate surface area is 63.5 Å². The van der Waals surface area contributed by atoms with Crippen LogP contribution in [-0.2, 0) is 0 Å². The average Bonchev–Trinajstić information content (AvgIpc) is 1.88. The Morgan fingerprint density at radius 1 is 1.40 bits per heavy atom. The molecule has 0 amide bonds. The number of rotatable bonds is 5. The standard InChI is InChI=1S/C6H16O3Si/c1-5(8)6(9)10-4-2-3-7/h5-9H,2-4,10H2,1H3. The number of hydrogen-bond donors (Lipinski definition) is 3. The summed E-state index contributed by atoms with van der Waals surface area (Å²) in [5, 5.41) is 26.3. The van der Waals surface area contributed by atoms with Crippen molar-refractivity contribution in [1.82, 2.24) is 0 Å².